The van der Waals surface area contributed by atoms with E-state index in [-0.39, 0.29) is 34.1 Å². The zero-order chi connectivity index (χ0) is 30.7. The predicted octanol–water partition coefficient (Wildman–Crippen LogP) is 7.82. The number of hydrogen-bond acceptors (Lipinski definition) is 6. The van der Waals surface area contributed by atoms with Gasteiger partial charge in [-0.3, -0.25) is 0 Å². The first-order chi connectivity index (χ1) is 17.9. The van der Waals surface area contributed by atoms with E-state index in [0.29, 0.717) is 25.2 Å². The summed E-state index contributed by atoms with van der Waals surface area (Å²) in [4.78, 5) is 0. The monoisotopic (exact) mass is 598 g/mol. The van der Waals surface area contributed by atoms with Gasteiger partial charge in [-0.25, -0.2) is 0 Å². The first kappa shape index (κ1) is 34.3. The molecule has 2 bridgehead atoms. The summed E-state index contributed by atoms with van der Waals surface area (Å²) >= 11 is 0. The normalized spacial score (nSPS) is 37.2. The van der Waals surface area contributed by atoms with Gasteiger partial charge in [0.25, 0.3) is 0 Å². The number of allylic oxidation sites excluding steroid dienone is 2. The number of rotatable bonds is 7. The van der Waals surface area contributed by atoms with Gasteiger partial charge in [-0.15, -0.1) is 0 Å². The highest BCUT2D eigenvalue weighted by molar-refractivity contribution is 6.74. The Morgan fingerprint density at radius 1 is 0.950 bits per heavy atom. The smallest absolute Gasteiger partial charge is 0.250 e. The Morgan fingerprint density at radius 2 is 1.52 bits per heavy atom. The molecular weight excluding hydrogens is 537 g/mol. The fraction of sp³-hybridized carbons (Fsp3) is 0.938. The predicted molar refractivity (Wildman–Crippen MR) is 168 cm³/mol. The molecule has 2 N–H and O–H groups in total. The molecule has 0 unspecified atom stereocenters. The maximum absolute atomic E-state index is 12.9. The van der Waals surface area contributed by atoms with Gasteiger partial charge < -0.3 is 28.5 Å². The zero-order valence-corrected chi connectivity index (χ0v) is 30.2. The summed E-state index contributed by atoms with van der Waals surface area (Å²) in [6, 6.07) is 0. The molecule has 0 aromatic carbocycles. The van der Waals surface area contributed by atoms with Crippen molar-refractivity contribution < 1.29 is 28.5 Å². The summed E-state index contributed by atoms with van der Waals surface area (Å²) in [6.45, 7) is 29.4. The Bertz CT molecular complexity index is 933. The van der Waals surface area contributed by atoms with E-state index in [4.69, 9.17) is 18.3 Å². The van der Waals surface area contributed by atoms with Crippen molar-refractivity contribution >= 4 is 16.6 Å². The van der Waals surface area contributed by atoms with Crippen LogP contribution in [0.25, 0.3) is 0 Å². The van der Waals surface area contributed by atoms with Crippen LogP contribution >= 0.6 is 0 Å². The fourth-order valence-electron chi connectivity index (χ4n) is 6.92. The highest BCUT2D eigenvalue weighted by Gasteiger charge is 2.65. The van der Waals surface area contributed by atoms with E-state index in [9.17, 15) is 10.2 Å². The second kappa shape index (κ2) is 11.0. The van der Waals surface area contributed by atoms with Crippen LogP contribution in [0.3, 0.4) is 0 Å². The number of aliphatic hydroxyl groups excluding tert-OH is 1. The van der Waals surface area contributed by atoms with Crippen LogP contribution in [0, 0.1) is 28.6 Å². The Kier molecular flexibility index (Phi) is 9.46. The quantitative estimate of drug-likeness (QED) is 0.230. The molecule has 0 aromatic rings. The van der Waals surface area contributed by atoms with E-state index in [1.165, 1.54) is 0 Å². The van der Waals surface area contributed by atoms with Crippen LogP contribution in [0.2, 0.25) is 36.3 Å². The largest absolute Gasteiger partial charge is 0.547 e. The van der Waals surface area contributed by atoms with E-state index in [1.807, 2.05) is 0 Å². The van der Waals surface area contributed by atoms with Crippen LogP contribution in [0.15, 0.2) is 11.8 Å². The summed E-state index contributed by atoms with van der Waals surface area (Å²) in [7, 11) is -2.92. The van der Waals surface area contributed by atoms with Gasteiger partial charge in [0, 0.05) is 24.4 Å². The van der Waals surface area contributed by atoms with Crippen molar-refractivity contribution in [3.05, 3.63) is 11.8 Å². The molecule has 0 saturated heterocycles. The minimum Gasteiger partial charge on any atom is -0.547 e. The first-order valence-electron chi connectivity index (χ1n) is 15.5. The Balaban J connectivity index is 2.18. The average molecular weight is 599 g/mol. The molecule has 0 aliphatic heterocycles. The van der Waals surface area contributed by atoms with Crippen LogP contribution in [0.5, 0.6) is 0 Å². The highest BCUT2D eigenvalue weighted by atomic mass is 28.4. The molecule has 2 fully saturated rings. The molecule has 0 amide bonds. The van der Waals surface area contributed by atoms with Gasteiger partial charge in [0.2, 0.25) is 8.32 Å². The molecule has 0 aromatic heterocycles. The zero-order valence-electron chi connectivity index (χ0n) is 28.2. The van der Waals surface area contributed by atoms with E-state index in [1.54, 1.807) is 7.11 Å². The van der Waals surface area contributed by atoms with E-state index < -0.39 is 40.0 Å². The second-order valence-corrected chi connectivity index (χ2v) is 26.5. The topological polar surface area (TPSA) is 77.4 Å². The lowest BCUT2D eigenvalue weighted by Gasteiger charge is -2.62. The highest BCUT2D eigenvalue weighted by Crippen LogP contribution is 2.62. The van der Waals surface area contributed by atoms with Crippen molar-refractivity contribution in [2.75, 3.05) is 13.9 Å². The van der Waals surface area contributed by atoms with Gasteiger partial charge in [0.15, 0.2) is 14.1 Å². The molecule has 0 spiro atoms. The molecule has 8 heteroatoms. The van der Waals surface area contributed by atoms with Crippen LogP contribution in [0.1, 0.15) is 94.4 Å². The first-order valence-corrected chi connectivity index (χ1v) is 21.4. The summed E-state index contributed by atoms with van der Waals surface area (Å²) in [5.41, 5.74) is -0.622. The van der Waals surface area contributed by atoms with Crippen molar-refractivity contribution in [1.29, 1.82) is 0 Å². The minimum atomic E-state index is -2.44. The van der Waals surface area contributed by atoms with Crippen LogP contribution in [-0.2, 0) is 18.3 Å². The van der Waals surface area contributed by atoms with E-state index >= 15 is 0 Å². The van der Waals surface area contributed by atoms with Crippen LogP contribution < -0.4 is 0 Å². The van der Waals surface area contributed by atoms with Gasteiger partial charge >= 0.3 is 0 Å². The molecule has 40 heavy (non-hydrogen) atoms. The number of ether oxygens (including phenoxy) is 2. The number of hydrogen-bond donors (Lipinski definition) is 2. The lowest BCUT2D eigenvalue weighted by Crippen LogP contribution is -2.68. The summed E-state index contributed by atoms with van der Waals surface area (Å²) in [5.74, 6) is -0.365. The molecular formula is C32H62O6Si2. The van der Waals surface area contributed by atoms with E-state index in [0.717, 1.165) is 18.6 Å². The lowest BCUT2D eigenvalue weighted by molar-refractivity contribution is -0.322. The second-order valence-electron chi connectivity index (χ2n) is 17.0. The molecule has 234 valence electrons. The average Bonchev–Trinajstić information content (AvgIpc) is 2.77. The van der Waals surface area contributed by atoms with Crippen LogP contribution in [-0.4, -0.2) is 58.7 Å². The van der Waals surface area contributed by atoms with Crippen molar-refractivity contribution in [3.8, 4) is 0 Å². The summed E-state index contributed by atoms with van der Waals surface area (Å²) < 4.78 is 25.7. The molecule has 0 radical (unpaired) electrons. The lowest BCUT2D eigenvalue weighted by atomic mass is 9.50. The minimum absolute atomic E-state index is 0.0806. The molecule has 3 aliphatic carbocycles. The fourth-order valence-corrected chi connectivity index (χ4v) is 9.44. The number of aliphatic hydroxyl groups is 2. The third kappa shape index (κ3) is 6.06. The van der Waals surface area contributed by atoms with Crippen LogP contribution in [0.4, 0.5) is 0 Å². The van der Waals surface area contributed by atoms with Gasteiger partial charge in [0.05, 0.1) is 11.9 Å². The molecule has 7 atom stereocenters. The van der Waals surface area contributed by atoms with Crippen molar-refractivity contribution in [1.82, 2.24) is 0 Å². The van der Waals surface area contributed by atoms with Crippen molar-refractivity contribution in [2.45, 2.75) is 149 Å². The van der Waals surface area contributed by atoms with Gasteiger partial charge in [-0.2, -0.15) is 0 Å². The SMILES string of the molecule is COCO[C@H]1CC[C@@]2(C)[C@H](O)C[C@@H]3CC=C(O[Si](C)(C)C(C)(C)C)[C@H](C[C@@H]2[C@]1(O)O[Si](C)(C)C(C)(C)C)C3(C)C. The number of methoxy groups -OCH3 is 1. The van der Waals surface area contributed by atoms with Gasteiger partial charge in [0.1, 0.15) is 12.9 Å². The van der Waals surface area contributed by atoms with Gasteiger partial charge in [-0.05, 0) is 85.8 Å². The van der Waals surface area contributed by atoms with Crippen molar-refractivity contribution in [2.24, 2.45) is 28.6 Å². The Hall–Kier alpha value is -0.226. The maximum atomic E-state index is 12.9. The summed E-state index contributed by atoms with van der Waals surface area (Å²) in [5, 5.41) is 24.9. The molecule has 0 heterocycles. The Labute approximate surface area is 247 Å². The third-order valence-electron chi connectivity index (χ3n) is 12.1. The number of fused-ring (bicyclic) bond motifs is 3. The van der Waals surface area contributed by atoms with E-state index in [2.05, 4.69) is 94.6 Å². The molecule has 6 nitrogen and oxygen atoms in total. The Morgan fingerprint density at radius 3 is 2.05 bits per heavy atom. The molecule has 3 aliphatic rings. The summed E-state index contributed by atoms with van der Waals surface area (Å²) in [6.07, 6.45) is 4.90. The molecule has 2 saturated carbocycles. The third-order valence-corrected chi connectivity index (χ3v) is 20.9. The maximum Gasteiger partial charge on any atom is 0.250 e. The van der Waals surface area contributed by atoms with Gasteiger partial charge in [-0.1, -0.05) is 62.3 Å². The molecule has 3 rings (SSSR count). The standard InChI is InChI=1S/C32H62O6Si2/c1-28(2,3)39(11,12)37-24-16-15-22-19-26(33)31(9)18-17-27(36-21-35-10)32(34,38-40(13,14)29(4,5)6)25(31)20-23(24)30(22,7)8/h16,22-23,25-27,33-34H,15,17-21H2,1-14H3/t22-,23-,25-,26+,27-,31+,32-/m0/s1. The van der Waals surface area contributed by atoms with Crippen molar-refractivity contribution in [3.63, 3.8) is 0 Å².